The molecular weight excluding hydrogens is 526 g/mol. The van der Waals surface area contributed by atoms with Gasteiger partial charge in [-0.25, -0.2) is 4.79 Å². The number of nitrogens with zero attached hydrogens (tertiary/aromatic N) is 4. The second-order valence-corrected chi connectivity index (χ2v) is 10.8. The van der Waals surface area contributed by atoms with Crippen molar-refractivity contribution < 1.29 is 29.3 Å². The summed E-state index contributed by atoms with van der Waals surface area (Å²) in [6.07, 6.45) is -0.379. The number of likely N-dealkylation sites (N-methyl/N-ethyl adjacent to an activating group) is 1. The molecule has 2 heterocycles. The van der Waals surface area contributed by atoms with E-state index in [2.05, 4.69) is 15.3 Å². The number of ether oxygens (including phenoxy) is 1. The Hall–Kier alpha value is -4.22. The van der Waals surface area contributed by atoms with Gasteiger partial charge in [0.1, 0.15) is 11.8 Å². The van der Waals surface area contributed by atoms with Gasteiger partial charge in [0.25, 0.3) is 11.8 Å². The summed E-state index contributed by atoms with van der Waals surface area (Å²) in [5.41, 5.74) is 2.91. The molecule has 2 amide bonds. The average Bonchev–Trinajstić information content (AvgIpc) is 3.28. The number of fused-ring (bicyclic) bond motifs is 1. The Morgan fingerprint density at radius 1 is 1.22 bits per heavy atom. The molecule has 41 heavy (non-hydrogen) atoms. The van der Waals surface area contributed by atoms with Crippen LogP contribution in [0, 0.1) is 12.8 Å². The van der Waals surface area contributed by atoms with Crippen molar-refractivity contribution in [1.29, 1.82) is 0 Å². The summed E-state index contributed by atoms with van der Waals surface area (Å²) in [5, 5.41) is 26.3. The van der Waals surface area contributed by atoms with E-state index in [0.717, 1.165) is 5.56 Å². The zero-order valence-electron chi connectivity index (χ0n) is 24.0. The number of anilines is 1. The van der Waals surface area contributed by atoms with Crippen molar-refractivity contribution in [2.24, 2.45) is 13.0 Å². The van der Waals surface area contributed by atoms with Crippen LogP contribution in [-0.2, 0) is 13.6 Å². The number of carboxylic acids is 1. The standard InChI is InChI=1S/C30H37N5O6/c1-18-14-35(20(3)17-36)29(38)23-7-6-8-24(31-28(37)25-13-19(2)32-34(25)5)27(23)41-26(18)16-33(4)15-21-9-11-22(12-10-21)30(39)40/h6-13,18,20,26,36H,14-17H2,1-5H3,(H,31,37)(H,39,40)/t18-,20-,26-/m0/s1. The van der Waals surface area contributed by atoms with Crippen LogP contribution in [-0.4, -0.2) is 86.5 Å². The largest absolute Gasteiger partial charge is 0.486 e. The minimum Gasteiger partial charge on any atom is -0.486 e. The van der Waals surface area contributed by atoms with E-state index in [-0.39, 0.29) is 41.8 Å². The summed E-state index contributed by atoms with van der Waals surface area (Å²) in [7, 11) is 3.63. The molecule has 1 aliphatic heterocycles. The number of hydrogen-bond acceptors (Lipinski definition) is 7. The highest BCUT2D eigenvalue weighted by molar-refractivity contribution is 6.06. The van der Waals surface area contributed by atoms with Gasteiger partial charge in [0, 0.05) is 32.6 Å². The fourth-order valence-electron chi connectivity index (χ4n) is 5.01. The van der Waals surface area contributed by atoms with Gasteiger partial charge in [-0.2, -0.15) is 5.10 Å². The van der Waals surface area contributed by atoms with E-state index in [1.807, 2.05) is 14.0 Å². The van der Waals surface area contributed by atoms with E-state index in [1.54, 1.807) is 74.3 Å². The molecule has 218 valence electrons. The van der Waals surface area contributed by atoms with Crippen LogP contribution < -0.4 is 10.1 Å². The number of hydrogen-bond donors (Lipinski definition) is 3. The van der Waals surface area contributed by atoms with Crippen molar-refractivity contribution in [2.45, 2.75) is 39.5 Å². The van der Waals surface area contributed by atoms with Gasteiger partial charge in [0.05, 0.1) is 35.2 Å². The fourth-order valence-corrected chi connectivity index (χ4v) is 5.01. The molecule has 0 fully saturated rings. The molecule has 0 spiro atoms. The van der Waals surface area contributed by atoms with Crippen LogP contribution in [0.4, 0.5) is 5.69 Å². The molecule has 0 unspecified atom stereocenters. The minimum absolute atomic E-state index is 0.124. The number of carboxylic acid groups (broad SMARTS) is 1. The number of amides is 2. The van der Waals surface area contributed by atoms with Crippen molar-refractivity contribution in [3.05, 3.63) is 76.6 Å². The first kappa shape index (κ1) is 29.8. The Balaban J connectivity index is 1.65. The number of aromatic nitrogens is 2. The number of aryl methyl sites for hydroxylation is 2. The minimum atomic E-state index is -0.974. The molecule has 11 nitrogen and oxygen atoms in total. The van der Waals surface area contributed by atoms with Crippen molar-refractivity contribution in [3.8, 4) is 5.75 Å². The molecule has 3 N–H and O–H groups in total. The van der Waals surface area contributed by atoms with Crippen LogP contribution in [0.5, 0.6) is 5.75 Å². The molecule has 0 saturated heterocycles. The summed E-state index contributed by atoms with van der Waals surface area (Å²) in [6.45, 7) is 6.81. The molecule has 3 atom stereocenters. The predicted molar refractivity (Wildman–Crippen MR) is 153 cm³/mol. The SMILES string of the molecule is Cc1cc(C(=O)Nc2cccc3c2O[C@@H](CN(C)Cc2ccc(C(=O)O)cc2)[C@@H](C)CN([C@@H](C)CO)C3=O)n(C)n1. The number of para-hydroxylation sites is 1. The third kappa shape index (κ3) is 6.75. The normalized spacial score (nSPS) is 17.8. The lowest BCUT2D eigenvalue weighted by Gasteiger charge is -2.38. The molecule has 2 aromatic carbocycles. The quantitative estimate of drug-likeness (QED) is 0.361. The Bertz CT molecular complexity index is 1420. The van der Waals surface area contributed by atoms with Crippen molar-refractivity contribution in [3.63, 3.8) is 0 Å². The number of carbonyl (C=O) groups excluding carboxylic acids is 2. The maximum Gasteiger partial charge on any atom is 0.335 e. The lowest BCUT2D eigenvalue weighted by molar-refractivity contribution is 0.0343. The van der Waals surface area contributed by atoms with Gasteiger partial charge in [-0.15, -0.1) is 0 Å². The van der Waals surface area contributed by atoms with Gasteiger partial charge in [0.15, 0.2) is 5.75 Å². The first-order valence-electron chi connectivity index (χ1n) is 13.5. The van der Waals surface area contributed by atoms with Crippen molar-refractivity contribution >= 4 is 23.5 Å². The van der Waals surface area contributed by atoms with Crippen LogP contribution >= 0.6 is 0 Å². The van der Waals surface area contributed by atoms with E-state index in [9.17, 15) is 24.6 Å². The van der Waals surface area contributed by atoms with E-state index >= 15 is 0 Å². The first-order valence-corrected chi connectivity index (χ1v) is 13.5. The summed E-state index contributed by atoms with van der Waals surface area (Å²) in [4.78, 5) is 41.8. The summed E-state index contributed by atoms with van der Waals surface area (Å²) >= 11 is 0. The highest BCUT2D eigenvalue weighted by atomic mass is 16.5. The van der Waals surface area contributed by atoms with Gasteiger partial charge in [-0.1, -0.05) is 25.1 Å². The van der Waals surface area contributed by atoms with E-state index in [0.29, 0.717) is 42.3 Å². The molecule has 0 radical (unpaired) electrons. The summed E-state index contributed by atoms with van der Waals surface area (Å²) < 4.78 is 8.07. The Kier molecular flexibility index (Phi) is 9.09. The summed E-state index contributed by atoms with van der Waals surface area (Å²) in [6, 6.07) is 13.1. The topological polar surface area (TPSA) is 137 Å². The lowest BCUT2D eigenvalue weighted by Crippen LogP contribution is -2.49. The van der Waals surface area contributed by atoms with E-state index in [4.69, 9.17) is 4.74 Å². The van der Waals surface area contributed by atoms with Crippen LogP contribution in [0.25, 0.3) is 0 Å². The van der Waals surface area contributed by atoms with Gasteiger partial charge >= 0.3 is 5.97 Å². The Morgan fingerprint density at radius 3 is 2.54 bits per heavy atom. The van der Waals surface area contributed by atoms with Gasteiger partial charge in [0.2, 0.25) is 0 Å². The maximum absolute atomic E-state index is 13.7. The zero-order chi connectivity index (χ0) is 29.8. The number of nitrogens with one attached hydrogen (secondary N) is 1. The Labute approximate surface area is 239 Å². The summed E-state index contributed by atoms with van der Waals surface area (Å²) in [5.74, 6) is -1.49. The molecule has 1 aliphatic rings. The van der Waals surface area contributed by atoms with E-state index in [1.165, 1.54) is 4.68 Å². The van der Waals surface area contributed by atoms with Gasteiger partial charge < -0.3 is 25.2 Å². The smallest absolute Gasteiger partial charge is 0.335 e. The second-order valence-electron chi connectivity index (χ2n) is 10.8. The predicted octanol–water partition coefficient (Wildman–Crippen LogP) is 3.03. The number of carbonyl (C=O) groups is 3. The van der Waals surface area contributed by atoms with Crippen molar-refractivity contribution in [2.75, 3.05) is 32.1 Å². The highest BCUT2D eigenvalue weighted by Gasteiger charge is 2.34. The van der Waals surface area contributed by atoms with E-state index < -0.39 is 12.0 Å². The molecule has 0 bridgehead atoms. The van der Waals surface area contributed by atoms with Crippen LogP contribution in [0.3, 0.4) is 0 Å². The van der Waals surface area contributed by atoms with Crippen LogP contribution in [0.2, 0.25) is 0 Å². The van der Waals surface area contributed by atoms with Gasteiger partial charge in [-0.05, 0) is 56.8 Å². The number of aliphatic hydroxyl groups is 1. The number of rotatable bonds is 9. The molecule has 4 rings (SSSR count). The highest BCUT2D eigenvalue weighted by Crippen LogP contribution is 2.35. The monoisotopic (exact) mass is 563 g/mol. The first-order chi connectivity index (χ1) is 19.5. The molecule has 11 heteroatoms. The van der Waals surface area contributed by atoms with Crippen molar-refractivity contribution in [1.82, 2.24) is 19.6 Å². The fraction of sp³-hybridized carbons (Fsp3) is 0.400. The van der Waals surface area contributed by atoms with Crippen LogP contribution in [0.1, 0.15) is 56.3 Å². The number of aromatic carboxylic acids is 1. The molecular formula is C30H37N5O6. The Morgan fingerprint density at radius 2 is 1.93 bits per heavy atom. The third-order valence-electron chi connectivity index (χ3n) is 7.32. The van der Waals surface area contributed by atoms with Gasteiger partial charge in [-0.3, -0.25) is 19.2 Å². The maximum atomic E-state index is 13.7. The number of aliphatic hydroxyl groups excluding tert-OH is 1. The number of benzene rings is 2. The molecule has 1 aromatic heterocycles. The average molecular weight is 564 g/mol. The molecule has 3 aromatic rings. The van der Waals surface area contributed by atoms with Crippen LogP contribution in [0.15, 0.2) is 48.5 Å². The third-order valence-corrected chi connectivity index (χ3v) is 7.32. The molecule has 0 aliphatic carbocycles. The molecule has 0 saturated carbocycles. The zero-order valence-corrected chi connectivity index (χ0v) is 24.0. The second kappa shape index (κ2) is 12.5. The lowest BCUT2D eigenvalue weighted by atomic mass is 9.98.